The third-order valence-corrected chi connectivity index (χ3v) is 4.59. The quantitative estimate of drug-likeness (QED) is 0.631. The molecule has 0 aromatic carbocycles. The van der Waals surface area contributed by atoms with Crippen LogP contribution in [0.4, 0.5) is 0 Å². The number of hydrogen-bond donors (Lipinski definition) is 3. The van der Waals surface area contributed by atoms with Crippen LogP contribution in [-0.4, -0.2) is 65.5 Å². The molecule has 0 bridgehead atoms. The van der Waals surface area contributed by atoms with Gasteiger partial charge in [-0.25, -0.2) is 10.4 Å². The lowest BCUT2D eigenvalue weighted by molar-refractivity contribution is -0.124. The lowest BCUT2D eigenvalue weighted by atomic mass is 10.1. The highest BCUT2D eigenvalue weighted by atomic mass is 16.2. The van der Waals surface area contributed by atoms with Gasteiger partial charge in [-0.3, -0.25) is 25.4 Å². The van der Waals surface area contributed by atoms with Crippen molar-refractivity contribution in [2.75, 3.05) is 32.7 Å². The number of piperazine rings is 1. The molecule has 8 nitrogen and oxygen atoms in total. The van der Waals surface area contributed by atoms with Crippen molar-refractivity contribution in [2.45, 2.75) is 12.7 Å². The van der Waals surface area contributed by atoms with Crippen LogP contribution in [0.3, 0.4) is 0 Å². The topological polar surface area (TPSA) is 84.9 Å². The molecule has 2 unspecified atom stereocenters. The highest BCUT2D eigenvalue weighted by molar-refractivity contribution is 6.00. The zero-order chi connectivity index (χ0) is 15.6. The molecule has 3 aliphatic heterocycles. The average Bonchev–Trinajstić information content (AvgIpc) is 3.06. The van der Waals surface area contributed by atoms with E-state index in [1.165, 1.54) is 5.56 Å². The first-order valence-electron chi connectivity index (χ1n) is 8.03. The number of guanidine groups is 1. The largest absolute Gasteiger partial charge is 0.340 e. The number of carbonyl (C=O) groups is 1. The summed E-state index contributed by atoms with van der Waals surface area (Å²) >= 11 is 0. The molecule has 8 heteroatoms. The number of hydrogen-bond acceptors (Lipinski definition) is 7. The summed E-state index contributed by atoms with van der Waals surface area (Å²) in [6, 6.07) is 4.07. The molecule has 1 amide bonds. The number of nitrogens with zero attached hydrogens (tertiary/aromatic N) is 4. The summed E-state index contributed by atoms with van der Waals surface area (Å²) in [5.41, 5.74) is 7.29. The SMILES string of the molecule is O=C1NC(N2CCN(Cc3cccnc3)CC2)=NC2NNCC12. The third kappa shape index (κ3) is 3.05. The molecule has 4 rings (SSSR count). The lowest BCUT2D eigenvalue weighted by Gasteiger charge is -2.38. The van der Waals surface area contributed by atoms with Gasteiger partial charge in [-0.05, 0) is 11.6 Å². The predicted molar refractivity (Wildman–Crippen MR) is 85.1 cm³/mol. The zero-order valence-electron chi connectivity index (χ0n) is 12.9. The molecule has 2 saturated heterocycles. The Balaban J connectivity index is 1.35. The zero-order valence-corrected chi connectivity index (χ0v) is 12.9. The van der Waals surface area contributed by atoms with Crippen molar-refractivity contribution in [1.29, 1.82) is 0 Å². The molecule has 0 radical (unpaired) electrons. The number of nitrogens with one attached hydrogen (secondary N) is 3. The molecular formula is C15H21N7O. The second kappa shape index (κ2) is 6.23. The second-order valence-corrected chi connectivity index (χ2v) is 6.14. The van der Waals surface area contributed by atoms with Gasteiger partial charge in [0, 0.05) is 51.7 Å². The van der Waals surface area contributed by atoms with Crippen LogP contribution in [0, 0.1) is 5.92 Å². The van der Waals surface area contributed by atoms with Crippen molar-refractivity contribution in [3.63, 3.8) is 0 Å². The minimum atomic E-state index is -0.146. The third-order valence-electron chi connectivity index (χ3n) is 4.59. The van der Waals surface area contributed by atoms with Crippen molar-refractivity contribution in [3.05, 3.63) is 30.1 Å². The van der Waals surface area contributed by atoms with Crippen molar-refractivity contribution in [2.24, 2.45) is 10.9 Å². The van der Waals surface area contributed by atoms with Gasteiger partial charge in [-0.15, -0.1) is 0 Å². The maximum atomic E-state index is 12.1. The van der Waals surface area contributed by atoms with Crippen LogP contribution in [0.25, 0.3) is 0 Å². The molecule has 2 atom stereocenters. The number of carbonyl (C=O) groups excluding carboxylic acids is 1. The highest BCUT2D eigenvalue weighted by Gasteiger charge is 2.38. The van der Waals surface area contributed by atoms with E-state index in [9.17, 15) is 4.79 Å². The molecule has 4 heterocycles. The molecular weight excluding hydrogens is 294 g/mol. The van der Waals surface area contributed by atoms with Gasteiger partial charge in [0.05, 0.1) is 5.92 Å². The van der Waals surface area contributed by atoms with E-state index in [4.69, 9.17) is 0 Å². The Hall–Kier alpha value is -2.03. The van der Waals surface area contributed by atoms with E-state index in [1.807, 2.05) is 12.3 Å². The fraction of sp³-hybridized carbons (Fsp3) is 0.533. The summed E-state index contributed by atoms with van der Waals surface area (Å²) in [7, 11) is 0. The Kier molecular flexibility index (Phi) is 3.94. The van der Waals surface area contributed by atoms with Crippen LogP contribution in [0.1, 0.15) is 5.56 Å². The average molecular weight is 315 g/mol. The van der Waals surface area contributed by atoms with E-state index in [0.29, 0.717) is 12.5 Å². The van der Waals surface area contributed by atoms with Crippen LogP contribution in [0.5, 0.6) is 0 Å². The van der Waals surface area contributed by atoms with Gasteiger partial charge < -0.3 is 4.90 Å². The van der Waals surface area contributed by atoms with Gasteiger partial charge in [0.1, 0.15) is 6.17 Å². The Bertz CT molecular complexity index is 597. The molecule has 23 heavy (non-hydrogen) atoms. The van der Waals surface area contributed by atoms with E-state index in [1.54, 1.807) is 6.20 Å². The predicted octanol–water partition coefficient (Wildman–Crippen LogP) is -1.26. The Morgan fingerprint density at radius 2 is 2.13 bits per heavy atom. The minimum Gasteiger partial charge on any atom is -0.340 e. The van der Waals surface area contributed by atoms with E-state index in [0.717, 1.165) is 32.7 Å². The monoisotopic (exact) mass is 315 g/mol. The van der Waals surface area contributed by atoms with Crippen molar-refractivity contribution in [3.8, 4) is 0 Å². The van der Waals surface area contributed by atoms with Gasteiger partial charge in [0.2, 0.25) is 11.9 Å². The van der Waals surface area contributed by atoms with E-state index in [2.05, 4.69) is 42.0 Å². The molecule has 3 N–H and O–H groups in total. The first kappa shape index (κ1) is 14.6. The number of amides is 1. The van der Waals surface area contributed by atoms with Crippen molar-refractivity contribution in [1.82, 2.24) is 31.0 Å². The summed E-state index contributed by atoms with van der Waals surface area (Å²) in [6.45, 7) is 5.17. The fourth-order valence-electron chi connectivity index (χ4n) is 3.24. The molecule has 0 aliphatic carbocycles. The maximum absolute atomic E-state index is 12.1. The normalized spacial score (nSPS) is 28.3. The Labute approximate surface area is 134 Å². The molecule has 1 aromatic rings. The number of aliphatic imine (C=N–C) groups is 1. The standard InChI is InChI=1S/C15H21N7O/c23-14-12-9-17-20-13(12)18-15(19-14)22-6-4-21(5-7-22)10-11-2-1-3-16-8-11/h1-3,8,12-13,17,20H,4-7,9-10H2,(H,18,19,23). The number of aromatic nitrogens is 1. The molecule has 0 spiro atoms. The summed E-state index contributed by atoms with van der Waals surface area (Å²) < 4.78 is 0. The summed E-state index contributed by atoms with van der Waals surface area (Å²) in [5, 5.41) is 2.95. The Morgan fingerprint density at radius 1 is 1.26 bits per heavy atom. The number of pyridine rings is 1. The Morgan fingerprint density at radius 3 is 2.91 bits per heavy atom. The maximum Gasteiger partial charge on any atom is 0.234 e. The van der Waals surface area contributed by atoms with Gasteiger partial charge in [0.15, 0.2) is 0 Å². The molecule has 3 aliphatic rings. The van der Waals surface area contributed by atoms with Crippen molar-refractivity contribution >= 4 is 11.9 Å². The van der Waals surface area contributed by atoms with Gasteiger partial charge in [-0.2, -0.15) is 0 Å². The first-order chi connectivity index (χ1) is 11.3. The van der Waals surface area contributed by atoms with Crippen LogP contribution < -0.4 is 16.2 Å². The smallest absolute Gasteiger partial charge is 0.234 e. The van der Waals surface area contributed by atoms with Crippen molar-refractivity contribution < 1.29 is 4.79 Å². The lowest BCUT2D eigenvalue weighted by Crippen LogP contribution is -2.57. The van der Waals surface area contributed by atoms with E-state index in [-0.39, 0.29) is 18.0 Å². The van der Waals surface area contributed by atoms with Gasteiger partial charge in [0.25, 0.3) is 0 Å². The first-order valence-corrected chi connectivity index (χ1v) is 8.03. The molecule has 122 valence electrons. The van der Waals surface area contributed by atoms with E-state index >= 15 is 0 Å². The van der Waals surface area contributed by atoms with Crippen LogP contribution in [0.15, 0.2) is 29.5 Å². The summed E-state index contributed by atoms with van der Waals surface area (Å²) in [5.74, 6) is 0.648. The van der Waals surface area contributed by atoms with Crippen LogP contribution in [-0.2, 0) is 11.3 Å². The van der Waals surface area contributed by atoms with Gasteiger partial charge in [-0.1, -0.05) is 6.07 Å². The van der Waals surface area contributed by atoms with Crippen LogP contribution in [0.2, 0.25) is 0 Å². The molecule has 2 fully saturated rings. The summed E-state index contributed by atoms with van der Waals surface area (Å²) in [6.07, 6.45) is 3.56. The number of hydrazine groups is 1. The fourth-order valence-corrected chi connectivity index (χ4v) is 3.24. The van der Waals surface area contributed by atoms with Crippen LogP contribution >= 0.6 is 0 Å². The molecule has 0 saturated carbocycles. The number of rotatable bonds is 2. The minimum absolute atomic E-state index is 0.0512. The highest BCUT2D eigenvalue weighted by Crippen LogP contribution is 2.15. The second-order valence-electron chi connectivity index (χ2n) is 6.14. The molecule has 1 aromatic heterocycles. The van der Waals surface area contributed by atoms with E-state index < -0.39 is 0 Å². The van der Waals surface area contributed by atoms with Gasteiger partial charge >= 0.3 is 0 Å². The summed E-state index contributed by atoms with van der Waals surface area (Å²) in [4.78, 5) is 25.5. The number of fused-ring (bicyclic) bond motifs is 1.